The third-order valence-corrected chi connectivity index (χ3v) is 6.59. The van der Waals surface area contributed by atoms with Crippen LogP contribution in [-0.2, 0) is 26.9 Å². The van der Waals surface area contributed by atoms with E-state index in [0.717, 1.165) is 11.6 Å². The summed E-state index contributed by atoms with van der Waals surface area (Å²) < 4.78 is 52.7. The van der Waals surface area contributed by atoms with Gasteiger partial charge in [-0.15, -0.1) is 0 Å². The van der Waals surface area contributed by atoms with Gasteiger partial charge in [0.25, 0.3) is 0 Å². The molecule has 1 aliphatic rings. The van der Waals surface area contributed by atoms with Gasteiger partial charge in [0.05, 0.1) is 31.4 Å². The van der Waals surface area contributed by atoms with E-state index in [2.05, 4.69) is 5.32 Å². The van der Waals surface area contributed by atoms with Crippen molar-refractivity contribution in [2.75, 3.05) is 19.7 Å². The molecule has 0 aliphatic carbocycles. The Hall–Kier alpha value is -3.56. The molecule has 6 nitrogen and oxygen atoms in total. The number of ether oxygens (including phenoxy) is 2. The van der Waals surface area contributed by atoms with E-state index in [1.54, 1.807) is 31.2 Å². The van der Waals surface area contributed by atoms with Crippen molar-refractivity contribution in [3.8, 4) is 0 Å². The molecule has 0 saturated carbocycles. The molecule has 39 heavy (non-hydrogen) atoms. The predicted octanol–water partition coefficient (Wildman–Crippen LogP) is 6.03. The molecule has 1 N–H and O–H groups in total. The lowest BCUT2D eigenvalue weighted by molar-refractivity contribution is -0.145. The largest absolute Gasteiger partial charge is 0.464 e. The van der Waals surface area contributed by atoms with Crippen LogP contribution in [0.15, 0.2) is 78.9 Å². The van der Waals surface area contributed by atoms with E-state index >= 15 is 0 Å². The fourth-order valence-corrected chi connectivity index (χ4v) is 4.49. The molecule has 3 aromatic carbocycles. The van der Waals surface area contributed by atoms with Gasteiger partial charge in [-0.3, -0.25) is 0 Å². The average Bonchev–Trinajstić information content (AvgIpc) is 2.88. The Morgan fingerprint density at radius 2 is 1.64 bits per heavy atom. The first-order valence-corrected chi connectivity index (χ1v) is 12.9. The number of carbonyl (C=O) groups excluding carboxylic acids is 2. The molecule has 1 fully saturated rings. The highest BCUT2D eigenvalue weighted by Crippen LogP contribution is 2.39. The molecule has 1 aliphatic heterocycles. The second kappa shape index (κ2) is 12.5. The SMILES string of the molecule is CCOC(=O)C(Cc1ccccc1)NC(=O)N1CC(OC(c2ccc(Cl)cc2)c2ccccc2C(F)(F)F)C1. The lowest BCUT2D eigenvalue weighted by atomic mass is 9.95. The zero-order chi connectivity index (χ0) is 28.0. The Labute approximate surface area is 229 Å². The first-order valence-electron chi connectivity index (χ1n) is 12.5. The lowest BCUT2D eigenvalue weighted by Crippen LogP contribution is -2.60. The summed E-state index contributed by atoms with van der Waals surface area (Å²) in [6.07, 6.45) is -5.86. The molecule has 2 amide bonds. The van der Waals surface area contributed by atoms with E-state index in [1.807, 2.05) is 30.3 Å². The molecule has 0 radical (unpaired) electrons. The van der Waals surface area contributed by atoms with Crippen LogP contribution in [0.2, 0.25) is 5.02 Å². The first kappa shape index (κ1) is 28.4. The Kier molecular flexibility index (Phi) is 9.14. The van der Waals surface area contributed by atoms with Crippen LogP contribution in [-0.4, -0.2) is 48.7 Å². The minimum Gasteiger partial charge on any atom is -0.464 e. The van der Waals surface area contributed by atoms with Crippen LogP contribution in [0.3, 0.4) is 0 Å². The van der Waals surface area contributed by atoms with Gasteiger partial charge >= 0.3 is 18.2 Å². The van der Waals surface area contributed by atoms with E-state index in [0.29, 0.717) is 10.6 Å². The number of hydrogen-bond acceptors (Lipinski definition) is 4. The van der Waals surface area contributed by atoms with Crippen LogP contribution in [0.4, 0.5) is 18.0 Å². The molecule has 10 heteroatoms. The summed E-state index contributed by atoms with van der Waals surface area (Å²) in [5.41, 5.74) is 0.538. The van der Waals surface area contributed by atoms with Crippen molar-refractivity contribution in [3.05, 3.63) is 106 Å². The van der Waals surface area contributed by atoms with E-state index < -0.39 is 42.0 Å². The maximum absolute atomic E-state index is 13.8. The first-order chi connectivity index (χ1) is 18.7. The van der Waals surface area contributed by atoms with Crippen LogP contribution in [0.25, 0.3) is 0 Å². The standard InChI is InChI=1S/C29H28ClF3N2O4/c1-2-38-27(36)25(16-19-8-4-3-5-9-19)34-28(37)35-17-22(18-35)39-26(20-12-14-21(30)15-13-20)23-10-6-7-11-24(23)29(31,32)33/h3-15,22,25-26H,2,16-18H2,1H3,(H,34,37). The van der Waals surface area contributed by atoms with E-state index in [1.165, 1.54) is 23.1 Å². The highest BCUT2D eigenvalue weighted by molar-refractivity contribution is 6.30. The van der Waals surface area contributed by atoms with Gasteiger partial charge in [0.2, 0.25) is 0 Å². The number of likely N-dealkylation sites (tertiary alicyclic amines) is 1. The van der Waals surface area contributed by atoms with Crippen molar-refractivity contribution in [3.63, 3.8) is 0 Å². The molecule has 0 bridgehead atoms. The predicted molar refractivity (Wildman–Crippen MR) is 140 cm³/mol. The van der Waals surface area contributed by atoms with Crippen molar-refractivity contribution in [1.29, 1.82) is 0 Å². The van der Waals surface area contributed by atoms with E-state index in [-0.39, 0.29) is 31.7 Å². The fourth-order valence-electron chi connectivity index (χ4n) is 4.36. The number of nitrogens with one attached hydrogen (secondary N) is 1. The molecule has 2 unspecified atom stereocenters. The van der Waals surface area contributed by atoms with Gasteiger partial charge in [0, 0.05) is 11.4 Å². The molecule has 206 valence electrons. The topological polar surface area (TPSA) is 67.9 Å². The molecule has 4 rings (SSSR count). The van der Waals surface area contributed by atoms with Gasteiger partial charge in [-0.1, -0.05) is 72.3 Å². The third-order valence-electron chi connectivity index (χ3n) is 6.34. The quantitative estimate of drug-likeness (QED) is 0.324. The highest BCUT2D eigenvalue weighted by atomic mass is 35.5. The minimum atomic E-state index is -4.57. The summed E-state index contributed by atoms with van der Waals surface area (Å²) in [6.45, 7) is 2.14. The van der Waals surface area contributed by atoms with E-state index in [4.69, 9.17) is 21.1 Å². The van der Waals surface area contributed by atoms with Gasteiger partial charge in [0.15, 0.2) is 0 Å². The Morgan fingerprint density at radius 1 is 1.00 bits per heavy atom. The van der Waals surface area contributed by atoms with Gasteiger partial charge in [-0.25, -0.2) is 9.59 Å². The summed E-state index contributed by atoms with van der Waals surface area (Å²) in [6, 6.07) is 19.5. The second-order valence-electron chi connectivity index (χ2n) is 9.12. The molecule has 1 heterocycles. The minimum absolute atomic E-state index is 0.0274. The van der Waals surface area contributed by atoms with Crippen molar-refractivity contribution in [2.45, 2.75) is 37.8 Å². The van der Waals surface area contributed by atoms with Crippen molar-refractivity contribution >= 4 is 23.6 Å². The molecule has 2 atom stereocenters. The number of esters is 1. The molecular weight excluding hydrogens is 533 g/mol. The Morgan fingerprint density at radius 3 is 2.28 bits per heavy atom. The van der Waals surface area contributed by atoms with Crippen LogP contribution in [0.1, 0.15) is 35.3 Å². The maximum atomic E-state index is 13.8. The van der Waals surface area contributed by atoms with Crippen molar-refractivity contribution in [2.24, 2.45) is 0 Å². The summed E-state index contributed by atoms with van der Waals surface area (Å²) in [5, 5.41) is 3.16. The number of benzene rings is 3. The molecule has 0 aromatic heterocycles. The monoisotopic (exact) mass is 560 g/mol. The number of amides is 2. The second-order valence-corrected chi connectivity index (χ2v) is 9.56. The normalized spacial score (nSPS) is 15.3. The number of carbonyl (C=O) groups is 2. The van der Waals surface area contributed by atoms with Crippen molar-refractivity contribution in [1.82, 2.24) is 10.2 Å². The number of rotatable bonds is 9. The molecular formula is C29H28ClF3N2O4. The summed E-state index contributed by atoms with van der Waals surface area (Å²) >= 11 is 5.99. The summed E-state index contributed by atoms with van der Waals surface area (Å²) in [4.78, 5) is 26.8. The van der Waals surface area contributed by atoms with E-state index in [9.17, 15) is 22.8 Å². The zero-order valence-electron chi connectivity index (χ0n) is 21.2. The number of halogens is 4. The number of hydrogen-bond donors (Lipinski definition) is 1. The third kappa shape index (κ3) is 7.30. The van der Waals surface area contributed by atoms with Crippen molar-refractivity contribution < 1.29 is 32.2 Å². The molecule has 3 aromatic rings. The van der Waals surface area contributed by atoms with Gasteiger partial charge in [-0.2, -0.15) is 13.2 Å². The molecule has 0 spiro atoms. The average molecular weight is 561 g/mol. The number of alkyl halides is 3. The van der Waals surface area contributed by atoms with Gasteiger partial charge in [-0.05, 0) is 41.8 Å². The number of nitrogens with zero attached hydrogens (tertiary/aromatic N) is 1. The van der Waals surface area contributed by atoms with Gasteiger partial charge < -0.3 is 19.7 Å². The van der Waals surface area contributed by atoms with Crippen LogP contribution in [0, 0.1) is 0 Å². The summed E-state index contributed by atoms with van der Waals surface area (Å²) in [5.74, 6) is -0.547. The highest BCUT2D eigenvalue weighted by Gasteiger charge is 2.39. The zero-order valence-corrected chi connectivity index (χ0v) is 21.9. The maximum Gasteiger partial charge on any atom is 0.416 e. The number of urea groups is 1. The molecule has 1 saturated heterocycles. The lowest BCUT2D eigenvalue weighted by Gasteiger charge is -2.41. The van der Waals surface area contributed by atoms with Crippen LogP contribution >= 0.6 is 11.6 Å². The smallest absolute Gasteiger partial charge is 0.416 e. The Balaban J connectivity index is 1.45. The Bertz CT molecular complexity index is 1270. The van der Waals surface area contributed by atoms with Crippen LogP contribution < -0.4 is 5.32 Å². The summed E-state index contributed by atoms with van der Waals surface area (Å²) in [7, 11) is 0. The van der Waals surface area contributed by atoms with Crippen LogP contribution in [0.5, 0.6) is 0 Å². The van der Waals surface area contributed by atoms with Gasteiger partial charge in [0.1, 0.15) is 12.1 Å². The fraction of sp³-hybridized carbons (Fsp3) is 0.310.